The van der Waals surface area contributed by atoms with Crippen LogP contribution in [0, 0.1) is 29.1 Å². The van der Waals surface area contributed by atoms with Crippen LogP contribution >= 0.6 is 0 Å². The average molecular weight is 424 g/mol. The predicted octanol–water partition coefficient (Wildman–Crippen LogP) is 1.37. The third kappa shape index (κ3) is 3.34. The third-order valence-electron chi connectivity index (χ3n) is 7.53. The second kappa shape index (κ2) is 7.96. The lowest BCUT2D eigenvalue weighted by Crippen LogP contribution is -2.50. The molecule has 2 saturated carbocycles. The molecule has 10 atom stereocenters. The zero-order chi connectivity index (χ0) is 22.5. The van der Waals surface area contributed by atoms with Crippen molar-refractivity contribution in [1.82, 2.24) is 0 Å². The van der Waals surface area contributed by atoms with E-state index in [1.807, 2.05) is 6.92 Å². The van der Waals surface area contributed by atoms with Crippen LogP contribution in [-0.4, -0.2) is 58.6 Å². The molecule has 168 valence electrons. The lowest BCUT2D eigenvalue weighted by Gasteiger charge is -2.42. The molecule has 1 heterocycles. The van der Waals surface area contributed by atoms with Crippen LogP contribution in [0.25, 0.3) is 0 Å². The van der Waals surface area contributed by atoms with Crippen molar-refractivity contribution < 1.29 is 38.8 Å². The molecular weight excluding hydrogens is 392 g/mol. The summed E-state index contributed by atoms with van der Waals surface area (Å²) in [6.45, 7) is 12.2. The van der Waals surface area contributed by atoms with E-state index in [9.17, 15) is 24.6 Å². The van der Waals surface area contributed by atoms with Crippen molar-refractivity contribution in [1.29, 1.82) is 0 Å². The monoisotopic (exact) mass is 424 g/mol. The van der Waals surface area contributed by atoms with Gasteiger partial charge in [-0.15, -0.1) is 0 Å². The molecule has 8 nitrogen and oxygen atoms in total. The molecule has 0 aromatic heterocycles. The molecule has 0 aromatic carbocycles. The fraction of sp³-hybridized carbons (Fsp3) is 0.773. The van der Waals surface area contributed by atoms with Crippen LogP contribution in [0.5, 0.6) is 0 Å². The van der Waals surface area contributed by atoms with Gasteiger partial charge in [-0.25, -0.2) is 4.79 Å². The van der Waals surface area contributed by atoms with E-state index in [0.29, 0.717) is 6.42 Å². The maximum absolute atomic E-state index is 12.5. The standard InChI is InChI=1S/C22H32O8/c1-7-9(2)20(26)29-13-8-14(28-12(5)23)22(6)16(13)11(4)17(24)18-15(19(22)25)10(3)21(27)30-18/h9,11,13-19,24-25H,3,7-8H2,1-2,4-6H3/t9-,11+,13+,14-,15-,16-,17-,18-,19-,22-/m1/s1. The van der Waals surface area contributed by atoms with E-state index in [-0.39, 0.29) is 23.9 Å². The summed E-state index contributed by atoms with van der Waals surface area (Å²) in [5.41, 5.74) is -0.995. The molecule has 2 aliphatic carbocycles. The minimum absolute atomic E-state index is 0.0854. The van der Waals surface area contributed by atoms with Gasteiger partial charge in [-0.1, -0.05) is 34.3 Å². The molecule has 3 rings (SSSR count). The van der Waals surface area contributed by atoms with Gasteiger partial charge in [-0.2, -0.15) is 0 Å². The molecule has 0 spiro atoms. The van der Waals surface area contributed by atoms with E-state index in [2.05, 4.69) is 6.58 Å². The minimum atomic E-state index is -1.19. The number of aliphatic hydroxyl groups is 2. The van der Waals surface area contributed by atoms with E-state index in [1.54, 1.807) is 20.8 Å². The molecule has 0 aromatic rings. The number of hydrogen-bond acceptors (Lipinski definition) is 8. The lowest BCUT2D eigenvalue weighted by molar-refractivity contribution is -0.165. The van der Waals surface area contributed by atoms with E-state index in [1.165, 1.54) is 6.92 Å². The van der Waals surface area contributed by atoms with Crippen molar-refractivity contribution in [3.05, 3.63) is 12.2 Å². The zero-order valence-electron chi connectivity index (χ0n) is 18.2. The zero-order valence-corrected chi connectivity index (χ0v) is 18.2. The summed E-state index contributed by atoms with van der Waals surface area (Å²) in [6.07, 6.45) is -3.86. The number of ether oxygens (including phenoxy) is 3. The van der Waals surface area contributed by atoms with Crippen molar-refractivity contribution in [3.63, 3.8) is 0 Å². The third-order valence-corrected chi connectivity index (χ3v) is 7.53. The Morgan fingerprint density at radius 1 is 1.33 bits per heavy atom. The van der Waals surface area contributed by atoms with Gasteiger partial charge in [0.15, 0.2) is 0 Å². The van der Waals surface area contributed by atoms with E-state index in [0.717, 1.165) is 0 Å². The maximum Gasteiger partial charge on any atom is 0.334 e. The summed E-state index contributed by atoms with van der Waals surface area (Å²) < 4.78 is 16.7. The fourth-order valence-electron chi connectivity index (χ4n) is 5.61. The van der Waals surface area contributed by atoms with Crippen molar-refractivity contribution in [2.75, 3.05) is 0 Å². The molecule has 2 N–H and O–H groups in total. The number of rotatable bonds is 4. The number of carbonyl (C=O) groups excluding carboxylic acids is 3. The molecule has 1 aliphatic heterocycles. The van der Waals surface area contributed by atoms with Gasteiger partial charge in [0.1, 0.15) is 18.3 Å². The topological polar surface area (TPSA) is 119 Å². The van der Waals surface area contributed by atoms with Gasteiger partial charge in [0, 0.05) is 30.3 Å². The molecule has 0 bridgehead atoms. The van der Waals surface area contributed by atoms with Gasteiger partial charge in [-0.3, -0.25) is 9.59 Å². The first-order valence-electron chi connectivity index (χ1n) is 10.6. The summed E-state index contributed by atoms with van der Waals surface area (Å²) >= 11 is 0. The van der Waals surface area contributed by atoms with Crippen molar-refractivity contribution in [2.45, 2.75) is 78.0 Å². The predicted molar refractivity (Wildman–Crippen MR) is 105 cm³/mol. The quantitative estimate of drug-likeness (QED) is 0.395. The number of carbonyl (C=O) groups is 3. The largest absolute Gasteiger partial charge is 0.462 e. The van der Waals surface area contributed by atoms with Crippen LogP contribution in [0.1, 0.15) is 47.5 Å². The first-order valence-corrected chi connectivity index (χ1v) is 10.6. The number of fused-ring (bicyclic) bond motifs is 2. The maximum atomic E-state index is 12.5. The highest BCUT2D eigenvalue weighted by Crippen LogP contribution is 2.58. The minimum Gasteiger partial charge on any atom is -0.462 e. The van der Waals surface area contributed by atoms with Crippen LogP contribution in [0.15, 0.2) is 12.2 Å². The molecule has 3 fully saturated rings. The second-order valence-electron chi connectivity index (χ2n) is 9.23. The molecule has 0 unspecified atom stereocenters. The van der Waals surface area contributed by atoms with Crippen LogP contribution in [0.3, 0.4) is 0 Å². The molecule has 3 aliphatic rings. The Morgan fingerprint density at radius 3 is 2.53 bits per heavy atom. The highest BCUT2D eigenvalue weighted by Gasteiger charge is 2.68. The highest BCUT2D eigenvalue weighted by molar-refractivity contribution is 5.91. The summed E-state index contributed by atoms with van der Waals surface area (Å²) in [5.74, 6) is -3.71. The van der Waals surface area contributed by atoms with Gasteiger partial charge in [0.25, 0.3) is 0 Å². The van der Waals surface area contributed by atoms with Gasteiger partial charge >= 0.3 is 17.9 Å². The normalized spacial score (nSPS) is 43.8. The van der Waals surface area contributed by atoms with Crippen LogP contribution in [-0.2, 0) is 28.6 Å². The van der Waals surface area contributed by atoms with Crippen molar-refractivity contribution in [3.8, 4) is 0 Å². The van der Waals surface area contributed by atoms with Gasteiger partial charge in [-0.05, 0) is 12.3 Å². The summed E-state index contributed by atoms with van der Waals surface area (Å²) in [5, 5.41) is 22.5. The van der Waals surface area contributed by atoms with Crippen molar-refractivity contribution in [2.24, 2.45) is 29.1 Å². The van der Waals surface area contributed by atoms with Crippen molar-refractivity contribution >= 4 is 17.9 Å². The second-order valence-corrected chi connectivity index (χ2v) is 9.23. The fourth-order valence-corrected chi connectivity index (χ4v) is 5.61. The van der Waals surface area contributed by atoms with Gasteiger partial charge < -0.3 is 24.4 Å². The van der Waals surface area contributed by atoms with E-state index < -0.39 is 65.6 Å². The van der Waals surface area contributed by atoms with E-state index in [4.69, 9.17) is 14.2 Å². The van der Waals surface area contributed by atoms with Crippen LogP contribution in [0.4, 0.5) is 0 Å². The number of aliphatic hydroxyl groups excluding tert-OH is 2. The number of hydrogen-bond donors (Lipinski definition) is 2. The Labute approximate surface area is 176 Å². The molecular formula is C22H32O8. The Morgan fingerprint density at radius 2 is 1.97 bits per heavy atom. The first kappa shape index (κ1) is 22.7. The summed E-state index contributed by atoms with van der Waals surface area (Å²) in [4.78, 5) is 36.5. The molecule has 30 heavy (non-hydrogen) atoms. The van der Waals surface area contributed by atoms with Crippen LogP contribution < -0.4 is 0 Å². The van der Waals surface area contributed by atoms with E-state index >= 15 is 0 Å². The van der Waals surface area contributed by atoms with Gasteiger partial charge in [0.05, 0.1) is 24.0 Å². The SMILES string of the molecule is C=C1C(=O)O[C@H]2[C@H](O)[C@@H](C)[C@@H]3[C@@H](OC(=O)[C@H](C)CC)C[C@@H](OC(C)=O)[C@@]3(C)[C@H](O)[C@H]12. The smallest absolute Gasteiger partial charge is 0.334 e. The average Bonchev–Trinajstić information content (AvgIpc) is 3.11. The summed E-state index contributed by atoms with van der Waals surface area (Å²) in [6, 6.07) is 0. The molecule has 0 amide bonds. The van der Waals surface area contributed by atoms with Crippen LogP contribution in [0.2, 0.25) is 0 Å². The number of esters is 3. The Balaban J connectivity index is 2.06. The Bertz CT molecular complexity index is 747. The Kier molecular flexibility index (Phi) is 6.04. The highest BCUT2D eigenvalue weighted by atomic mass is 16.6. The van der Waals surface area contributed by atoms with Gasteiger partial charge in [0.2, 0.25) is 0 Å². The lowest BCUT2D eigenvalue weighted by atomic mass is 9.66. The molecule has 0 radical (unpaired) electrons. The first-order chi connectivity index (χ1) is 13.9. The Hall–Kier alpha value is -1.93. The molecule has 1 saturated heterocycles. The molecule has 8 heteroatoms. The summed E-state index contributed by atoms with van der Waals surface area (Å²) in [7, 11) is 0.